The van der Waals surface area contributed by atoms with E-state index in [-0.39, 0.29) is 30.4 Å². The Morgan fingerprint density at radius 2 is 1.78 bits per heavy atom. The minimum absolute atomic E-state index is 0.0166. The van der Waals surface area contributed by atoms with Crippen LogP contribution in [-0.2, 0) is 9.59 Å². The van der Waals surface area contributed by atoms with Crippen LogP contribution in [0, 0.1) is 0 Å². The Kier molecular flexibility index (Phi) is 7.34. The molecule has 0 aliphatic carbocycles. The number of nitrogens with zero attached hydrogens (tertiary/aromatic N) is 1. The number of para-hydroxylation sites is 2. The van der Waals surface area contributed by atoms with Crippen LogP contribution < -0.4 is 25.0 Å². The van der Waals surface area contributed by atoms with Crippen LogP contribution in [0.5, 0.6) is 11.5 Å². The molecule has 3 aromatic carbocycles. The van der Waals surface area contributed by atoms with Crippen LogP contribution in [0.25, 0.3) is 6.08 Å². The van der Waals surface area contributed by atoms with Gasteiger partial charge in [-0.2, -0.15) is 0 Å². The Morgan fingerprint density at radius 3 is 2.50 bits per heavy atom. The quantitative estimate of drug-likeness (QED) is 0.472. The summed E-state index contributed by atoms with van der Waals surface area (Å²) in [6.07, 6.45) is 3.11. The second-order valence-corrected chi connectivity index (χ2v) is 8.43. The number of carbonyl (C=O) groups is 3. The number of nitrogens with one attached hydrogen (secondary N) is 2. The molecule has 0 aromatic heterocycles. The van der Waals surface area contributed by atoms with E-state index in [1.807, 2.05) is 26.0 Å². The molecule has 1 aliphatic heterocycles. The zero-order valence-electron chi connectivity index (χ0n) is 20.3. The van der Waals surface area contributed by atoms with E-state index in [9.17, 15) is 14.4 Å². The van der Waals surface area contributed by atoms with Gasteiger partial charge in [-0.1, -0.05) is 18.2 Å². The van der Waals surface area contributed by atoms with Gasteiger partial charge in [-0.15, -0.1) is 0 Å². The number of amides is 3. The summed E-state index contributed by atoms with van der Waals surface area (Å²) >= 11 is 0. The van der Waals surface area contributed by atoms with Crippen LogP contribution in [0.1, 0.15) is 29.8 Å². The van der Waals surface area contributed by atoms with Crippen molar-refractivity contribution in [3.05, 3.63) is 83.9 Å². The van der Waals surface area contributed by atoms with Crippen LogP contribution in [-0.4, -0.2) is 37.5 Å². The van der Waals surface area contributed by atoms with E-state index in [4.69, 9.17) is 9.47 Å². The van der Waals surface area contributed by atoms with Gasteiger partial charge in [0.15, 0.2) is 11.5 Å². The summed E-state index contributed by atoms with van der Waals surface area (Å²) in [5.41, 5.74) is 2.97. The molecule has 36 heavy (non-hydrogen) atoms. The molecule has 8 nitrogen and oxygen atoms in total. The summed E-state index contributed by atoms with van der Waals surface area (Å²) in [7, 11) is 1.57. The average molecular weight is 486 g/mol. The molecule has 1 aliphatic rings. The lowest BCUT2D eigenvalue weighted by atomic mass is 10.1. The number of rotatable bonds is 7. The summed E-state index contributed by atoms with van der Waals surface area (Å²) in [4.78, 5) is 39.0. The third-order valence-corrected chi connectivity index (χ3v) is 5.39. The van der Waals surface area contributed by atoms with Gasteiger partial charge in [0.2, 0.25) is 11.8 Å². The van der Waals surface area contributed by atoms with Crippen molar-refractivity contribution in [2.75, 3.05) is 29.2 Å². The van der Waals surface area contributed by atoms with Gasteiger partial charge in [0.05, 0.1) is 24.6 Å². The van der Waals surface area contributed by atoms with Crippen molar-refractivity contribution in [2.45, 2.75) is 20.0 Å². The fourth-order valence-corrected chi connectivity index (χ4v) is 3.76. The average Bonchev–Trinajstić information content (AvgIpc) is 2.87. The molecule has 3 aromatic rings. The van der Waals surface area contributed by atoms with E-state index >= 15 is 0 Å². The maximum atomic E-state index is 13.1. The van der Waals surface area contributed by atoms with Gasteiger partial charge in [0.25, 0.3) is 5.91 Å². The van der Waals surface area contributed by atoms with Crippen molar-refractivity contribution in [2.24, 2.45) is 0 Å². The van der Waals surface area contributed by atoms with Gasteiger partial charge >= 0.3 is 0 Å². The first-order valence-electron chi connectivity index (χ1n) is 11.5. The molecule has 0 radical (unpaired) electrons. The Hall–Kier alpha value is -4.59. The van der Waals surface area contributed by atoms with Gasteiger partial charge in [-0.25, -0.2) is 0 Å². The predicted octanol–water partition coefficient (Wildman–Crippen LogP) is 4.73. The summed E-state index contributed by atoms with van der Waals surface area (Å²) < 4.78 is 11.1. The van der Waals surface area contributed by atoms with Gasteiger partial charge in [-0.05, 0) is 74.0 Å². The standard InChI is InChI=1S/C28H27N3O5/c1-18(2)36-24-14-8-19(16-25(24)35-3)9-15-26(32)29-21-12-10-20(11-13-21)28(34)31-17-27(33)30-22-6-4-5-7-23(22)31/h4-16,18H,17H2,1-3H3,(H,29,32)(H,30,33)/b15-9+. The van der Waals surface area contributed by atoms with E-state index in [1.165, 1.54) is 11.0 Å². The van der Waals surface area contributed by atoms with Crippen LogP contribution in [0.4, 0.5) is 17.1 Å². The Bertz CT molecular complexity index is 1320. The second kappa shape index (κ2) is 10.8. The molecule has 0 saturated heterocycles. The number of methoxy groups -OCH3 is 1. The van der Waals surface area contributed by atoms with Gasteiger partial charge < -0.3 is 20.1 Å². The summed E-state index contributed by atoms with van der Waals surface area (Å²) in [6, 6.07) is 19.1. The van der Waals surface area contributed by atoms with Gasteiger partial charge in [0, 0.05) is 17.3 Å². The van der Waals surface area contributed by atoms with Crippen molar-refractivity contribution < 1.29 is 23.9 Å². The lowest BCUT2D eigenvalue weighted by Crippen LogP contribution is -2.42. The number of fused-ring (bicyclic) bond motifs is 1. The summed E-state index contributed by atoms with van der Waals surface area (Å²) in [5, 5.41) is 5.54. The fourth-order valence-electron chi connectivity index (χ4n) is 3.76. The van der Waals surface area contributed by atoms with E-state index in [1.54, 1.807) is 67.8 Å². The van der Waals surface area contributed by atoms with Crippen molar-refractivity contribution in [3.8, 4) is 11.5 Å². The Labute approximate surface area is 209 Å². The minimum atomic E-state index is -0.322. The molecule has 184 valence electrons. The third kappa shape index (κ3) is 5.72. The van der Waals surface area contributed by atoms with Crippen LogP contribution >= 0.6 is 0 Å². The third-order valence-electron chi connectivity index (χ3n) is 5.39. The smallest absolute Gasteiger partial charge is 0.258 e. The topological polar surface area (TPSA) is 97.0 Å². The van der Waals surface area contributed by atoms with Gasteiger partial charge in [-0.3, -0.25) is 19.3 Å². The van der Waals surface area contributed by atoms with E-state index in [0.29, 0.717) is 34.1 Å². The molecule has 2 N–H and O–H groups in total. The van der Waals surface area contributed by atoms with Crippen molar-refractivity contribution in [1.29, 1.82) is 0 Å². The molecule has 0 fully saturated rings. The van der Waals surface area contributed by atoms with E-state index < -0.39 is 0 Å². The number of hydrogen-bond acceptors (Lipinski definition) is 5. The molecule has 8 heteroatoms. The monoisotopic (exact) mass is 485 g/mol. The Morgan fingerprint density at radius 1 is 1.03 bits per heavy atom. The summed E-state index contributed by atoms with van der Waals surface area (Å²) in [6.45, 7) is 3.81. The molecular weight excluding hydrogens is 458 g/mol. The molecule has 3 amide bonds. The lowest BCUT2D eigenvalue weighted by molar-refractivity contribution is -0.115. The zero-order chi connectivity index (χ0) is 25.7. The number of anilines is 3. The fraction of sp³-hybridized carbons (Fsp3) is 0.179. The number of hydrogen-bond donors (Lipinski definition) is 2. The molecule has 4 rings (SSSR count). The summed E-state index contributed by atoms with van der Waals surface area (Å²) in [5.74, 6) is 0.348. The zero-order valence-corrected chi connectivity index (χ0v) is 20.3. The minimum Gasteiger partial charge on any atom is -0.493 e. The number of carbonyl (C=O) groups excluding carboxylic acids is 3. The highest BCUT2D eigenvalue weighted by molar-refractivity contribution is 6.15. The molecule has 0 atom stereocenters. The highest BCUT2D eigenvalue weighted by Crippen LogP contribution is 2.31. The van der Waals surface area contributed by atoms with Crippen LogP contribution in [0.15, 0.2) is 72.8 Å². The predicted molar refractivity (Wildman–Crippen MR) is 140 cm³/mol. The molecule has 1 heterocycles. The number of ether oxygens (including phenoxy) is 2. The van der Waals surface area contributed by atoms with Crippen molar-refractivity contribution in [3.63, 3.8) is 0 Å². The lowest BCUT2D eigenvalue weighted by Gasteiger charge is -2.29. The normalized spacial score (nSPS) is 12.8. The van der Waals surface area contributed by atoms with E-state index in [2.05, 4.69) is 10.6 Å². The van der Waals surface area contributed by atoms with Gasteiger partial charge in [0.1, 0.15) is 6.54 Å². The first-order chi connectivity index (χ1) is 17.3. The molecule has 0 bridgehead atoms. The van der Waals surface area contributed by atoms with E-state index in [0.717, 1.165) is 5.56 Å². The van der Waals surface area contributed by atoms with Crippen molar-refractivity contribution in [1.82, 2.24) is 0 Å². The maximum Gasteiger partial charge on any atom is 0.258 e. The molecular formula is C28H27N3O5. The maximum absolute atomic E-state index is 13.1. The SMILES string of the molecule is COc1cc(/C=C/C(=O)Nc2ccc(C(=O)N3CC(=O)Nc4ccccc43)cc2)ccc1OC(C)C. The van der Waals surface area contributed by atoms with Crippen LogP contribution in [0.3, 0.4) is 0 Å². The largest absolute Gasteiger partial charge is 0.493 e. The molecule has 0 saturated carbocycles. The Balaban J connectivity index is 1.40. The van der Waals surface area contributed by atoms with Crippen LogP contribution in [0.2, 0.25) is 0 Å². The number of benzene rings is 3. The highest BCUT2D eigenvalue weighted by atomic mass is 16.5. The first-order valence-corrected chi connectivity index (χ1v) is 11.5. The van der Waals surface area contributed by atoms with Crippen molar-refractivity contribution >= 4 is 40.9 Å². The first kappa shape index (κ1) is 24.5. The molecule has 0 unspecified atom stereocenters. The highest BCUT2D eigenvalue weighted by Gasteiger charge is 2.27. The second-order valence-electron chi connectivity index (χ2n) is 8.43. The molecule has 0 spiro atoms.